The van der Waals surface area contributed by atoms with Gasteiger partial charge in [0.1, 0.15) is 13.1 Å². The first-order chi connectivity index (χ1) is 27.3. The van der Waals surface area contributed by atoms with Crippen LogP contribution in [-0.2, 0) is 13.1 Å². The van der Waals surface area contributed by atoms with E-state index in [1.807, 2.05) is 0 Å². The second kappa shape index (κ2) is 37.5. The smallest absolute Gasteiger partial charge is 0.105 e. The molecule has 0 aliphatic heterocycles. The zero-order valence-corrected chi connectivity index (χ0v) is 37.0. The first-order valence-electron chi connectivity index (χ1n) is 24.5. The topological polar surface area (TPSA) is 0 Å². The number of benzene rings is 2. The van der Waals surface area contributed by atoms with Crippen molar-refractivity contribution < 1.29 is 4.48 Å². The largest absolute Gasteiger partial charge is 0.316 e. The second-order valence-corrected chi connectivity index (χ2v) is 17.4. The number of hydrogen-bond acceptors (Lipinski definition) is 0. The third-order valence-corrected chi connectivity index (χ3v) is 12.0. The van der Waals surface area contributed by atoms with Crippen LogP contribution in [0.4, 0.5) is 0 Å². The van der Waals surface area contributed by atoms with Crippen LogP contribution in [0.1, 0.15) is 230 Å². The maximum Gasteiger partial charge on any atom is 0.105 e. The summed E-state index contributed by atoms with van der Waals surface area (Å²) in [5, 5.41) is 0. The molecule has 0 spiro atoms. The molecule has 0 amide bonds. The van der Waals surface area contributed by atoms with Crippen LogP contribution in [0.2, 0.25) is 0 Å². The van der Waals surface area contributed by atoms with Gasteiger partial charge in [-0.1, -0.05) is 240 Å². The Morgan fingerprint density at radius 3 is 0.855 bits per heavy atom. The standard InChI is InChI=1S/C54H92N/c1-3-5-7-9-11-13-15-17-19-21-23-25-27-29-31-33-35-43-49-55(51-53-45-39-37-40-46-53,52-54-47-41-38-42-48-54)50-44-36-34-32-30-28-26-24-22-20-18-16-14-12-10-8-6-4-2/h7-10,37-42,45-48H,3-6,11-36,43-44,49-52H2,1-2H3/q+1/b9-7+,10-8+. The fourth-order valence-corrected chi connectivity index (χ4v) is 8.54. The number of rotatable bonds is 40. The van der Waals surface area contributed by atoms with Gasteiger partial charge >= 0.3 is 0 Å². The van der Waals surface area contributed by atoms with Gasteiger partial charge in [-0.2, -0.15) is 0 Å². The van der Waals surface area contributed by atoms with Crippen molar-refractivity contribution in [1.29, 1.82) is 0 Å². The summed E-state index contributed by atoms with van der Waals surface area (Å²) in [6, 6.07) is 22.8. The minimum atomic E-state index is 1.17. The lowest BCUT2D eigenvalue weighted by Gasteiger charge is -2.39. The minimum Gasteiger partial charge on any atom is -0.316 e. The number of unbranched alkanes of at least 4 members (excludes halogenated alkanes) is 28. The van der Waals surface area contributed by atoms with Gasteiger partial charge < -0.3 is 4.48 Å². The Hall–Kier alpha value is -2.12. The number of nitrogens with zero attached hydrogens (tertiary/aromatic N) is 1. The molecule has 2 aromatic carbocycles. The van der Waals surface area contributed by atoms with E-state index in [9.17, 15) is 0 Å². The van der Waals surface area contributed by atoms with Crippen molar-refractivity contribution in [3.05, 3.63) is 96.1 Å². The van der Waals surface area contributed by atoms with Crippen LogP contribution in [0.5, 0.6) is 0 Å². The zero-order valence-electron chi connectivity index (χ0n) is 37.0. The fourth-order valence-electron chi connectivity index (χ4n) is 8.54. The summed E-state index contributed by atoms with van der Waals surface area (Å²) in [6.45, 7) is 9.49. The van der Waals surface area contributed by atoms with Crippen LogP contribution in [0, 0.1) is 0 Å². The van der Waals surface area contributed by atoms with E-state index < -0.39 is 0 Å². The Balaban J connectivity index is 1.64. The molecule has 0 atom stereocenters. The summed E-state index contributed by atoms with van der Waals surface area (Å²) in [5.74, 6) is 0. The van der Waals surface area contributed by atoms with Gasteiger partial charge in [-0.15, -0.1) is 0 Å². The molecule has 1 heteroatoms. The monoisotopic (exact) mass is 755 g/mol. The van der Waals surface area contributed by atoms with E-state index >= 15 is 0 Å². The molecule has 55 heavy (non-hydrogen) atoms. The summed E-state index contributed by atoms with van der Waals surface area (Å²) in [4.78, 5) is 0. The lowest BCUT2D eigenvalue weighted by molar-refractivity contribution is -0.954. The maximum atomic E-state index is 2.40. The van der Waals surface area contributed by atoms with Crippen molar-refractivity contribution in [2.75, 3.05) is 13.1 Å². The van der Waals surface area contributed by atoms with Crippen LogP contribution < -0.4 is 0 Å². The van der Waals surface area contributed by atoms with Crippen LogP contribution in [0.25, 0.3) is 0 Å². The molecule has 312 valence electrons. The van der Waals surface area contributed by atoms with E-state index in [-0.39, 0.29) is 0 Å². The normalized spacial score (nSPS) is 12.1. The van der Waals surface area contributed by atoms with Crippen LogP contribution in [0.15, 0.2) is 85.0 Å². The summed E-state index contributed by atoms with van der Waals surface area (Å²) in [5.41, 5.74) is 3.02. The number of allylic oxidation sites excluding steroid dienone is 4. The van der Waals surface area contributed by atoms with Gasteiger partial charge in [0.25, 0.3) is 0 Å². The summed E-state index contributed by atoms with van der Waals surface area (Å²) in [7, 11) is 0. The van der Waals surface area contributed by atoms with Crippen molar-refractivity contribution in [2.45, 2.75) is 232 Å². The molecule has 0 saturated heterocycles. The SMILES string of the molecule is CCC/C=C/CCCCCCCCCCCCCCC[N+](CCCCCCCCCCCCCCC/C=C/CCC)(Cc1ccccc1)Cc1ccccc1. The lowest BCUT2D eigenvalue weighted by Crippen LogP contribution is -2.48. The van der Waals surface area contributed by atoms with Crippen LogP contribution in [0.3, 0.4) is 0 Å². The molecule has 0 N–H and O–H groups in total. The van der Waals surface area contributed by atoms with Crippen molar-refractivity contribution >= 4 is 0 Å². The molecule has 2 aromatic rings. The predicted molar refractivity (Wildman–Crippen MR) is 248 cm³/mol. The van der Waals surface area contributed by atoms with E-state index in [1.165, 1.54) is 247 Å². The molecule has 0 bridgehead atoms. The van der Waals surface area contributed by atoms with E-state index in [0.717, 1.165) is 0 Å². The highest BCUT2D eigenvalue weighted by Gasteiger charge is 2.27. The summed E-state index contributed by atoms with van der Waals surface area (Å²) in [6.07, 6.45) is 54.3. The Bertz CT molecular complexity index is 1010. The molecule has 2 rings (SSSR count). The van der Waals surface area contributed by atoms with Crippen molar-refractivity contribution in [2.24, 2.45) is 0 Å². The van der Waals surface area contributed by atoms with E-state index in [4.69, 9.17) is 0 Å². The van der Waals surface area contributed by atoms with Crippen molar-refractivity contribution in [1.82, 2.24) is 0 Å². The first kappa shape index (κ1) is 49.0. The van der Waals surface area contributed by atoms with Gasteiger partial charge in [-0.3, -0.25) is 0 Å². The molecule has 0 aromatic heterocycles. The van der Waals surface area contributed by atoms with E-state index in [1.54, 1.807) is 0 Å². The highest BCUT2D eigenvalue weighted by Crippen LogP contribution is 2.25. The van der Waals surface area contributed by atoms with Gasteiger partial charge in [0.15, 0.2) is 0 Å². The third kappa shape index (κ3) is 29.7. The molecule has 0 saturated carbocycles. The molecule has 1 nitrogen and oxygen atoms in total. The Morgan fingerprint density at radius 1 is 0.309 bits per heavy atom. The summed E-state index contributed by atoms with van der Waals surface area (Å²) >= 11 is 0. The molecule has 0 unspecified atom stereocenters. The molecule has 0 aliphatic rings. The van der Waals surface area contributed by atoms with Gasteiger partial charge in [-0.05, 0) is 64.2 Å². The number of hydrogen-bond donors (Lipinski definition) is 0. The lowest BCUT2D eigenvalue weighted by atomic mass is 10.0. The van der Waals surface area contributed by atoms with Gasteiger partial charge in [-0.25, -0.2) is 0 Å². The zero-order chi connectivity index (χ0) is 39.0. The molecule has 0 radical (unpaired) electrons. The van der Waals surface area contributed by atoms with Gasteiger partial charge in [0, 0.05) is 11.1 Å². The highest BCUT2D eigenvalue weighted by molar-refractivity contribution is 5.15. The Labute approximate surface area is 344 Å². The molecule has 0 fully saturated rings. The van der Waals surface area contributed by atoms with Gasteiger partial charge in [0.05, 0.1) is 13.1 Å². The molecular formula is C54H92N+. The number of quaternary nitrogens is 1. The van der Waals surface area contributed by atoms with Crippen molar-refractivity contribution in [3.8, 4) is 0 Å². The maximum absolute atomic E-state index is 2.40. The average molecular weight is 755 g/mol. The van der Waals surface area contributed by atoms with E-state index in [0.29, 0.717) is 0 Å². The Kier molecular flexibility index (Phi) is 33.4. The Morgan fingerprint density at radius 2 is 0.564 bits per heavy atom. The molecular weight excluding hydrogens is 663 g/mol. The quantitative estimate of drug-likeness (QED) is 0.0361. The summed E-state index contributed by atoms with van der Waals surface area (Å²) < 4.78 is 1.22. The highest BCUT2D eigenvalue weighted by atomic mass is 15.3. The molecule has 0 aliphatic carbocycles. The van der Waals surface area contributed by atoms with Crippen LogP contribution in [-0.4, -0.2) is 17.6 Å². The fraction of sp³-hybridized carbons (Fsp3) is 0.704. The van der Waals surface area contributed by atoms with Crippen molar-refractivity contribution in [3.63, 3.8) is 0 Å². The minimum absolute atomic E-state index is 1.17. The van der Waals surface area contributed by atoms with Gasteiger partial charge in [0.2, 0.25) is 0 Å². The second-order valence-electron chi connectivity index (χ2n) is 17.4. The average Bonchev–Trinajstić information content (AvgIpc) is 3.20. The molecule has 0 heterocycles. The first-order valence-corrected chi connectivity index (χ1v) is 24.5. The third-order valence-electron chi connectivity index (χ3n) is 12.0. The predicted octanol–water partition coefficient (Wildman–Crippen LogP) is 17.8. The van der Waals surface area contributed by atoms with Crippen LogP contribution >= 0.6 is 0 Å². The van der Waals surface area contributed by atoms with E-state index in [2.05, 4.69) is 98.8 Å².